The summed E-state index contributed by atoms with van der Waals surface area (Å²) in [5.41, 5.74) is 12.0. The predicted molar refractivity (Wildman–Crippen MR) is 169 cm³/mol. The van der Waals surface area contributed by atoms with E-state index in [1.807, 2.05) is 86.9 Å². The van der Waals surface area contributed by atoms with E-state index in [-0.39, 0.29) is 12.4 Å². The van der Waals surface area contributed by atoms with Crippen LogP contribution in [-0.4, -0.2) is 50.1 Å². The van der Waals surface area contributed by atoms with Crippen LogP contribution in [0.4, 0.5) is 0 Å². The number of nitrogens with two attached hydrogens (primary N) is 1. The summed E-state index contributed by atoms with van der Waals surface area (Å²) >= 11 is 0. The fourth-order valence-electron chi connectivity index (χ4n) is 4.53. The van der Waals surface area contributed by atoms with Crippen LogP contribution < -0.4 is 15.2 Å². The van der Waals surface area contributed by atoms with Crippen molar-refractivity contribution in [1.29, 1.82) is 0 Å². The lowest BCUT2D eigenvalue weighted by atomic mass is 9.88. The van der Waals surface area contributed by atoms with E-state index < -0.39 is 18.0 Å². The van der Waals surface area contributed by atoms with Crippen molar-refractivity contribution in [2.24, 2.45) is 5.73 Å². The van der Waals surface area contributed by atoms with Gasteiger partial charge >= 0.3 is 11.9 Å². The lowest BCUT2D eigenvalue weighted by Gasteiger charge is -2.18. The molecule has 7 heteroatoms. The summed E-state index contributed by atoms with van der Waals surface area (Å²) < 4.78 is 16.5. The summed E-state index contributed by atoms with van der Waals surface area (Å²) in [6.45, 7) is 3.59. The molecule has 0 fully saturated rings. The number of nitrogens with zero attached hydrogens (tertiary/aromatic N) is 1. The number of hydrogen-bond donors (Lipinski definition) is 1. The zero-order valence-corrected chi connectivity index (χ0v) is 24.9. The van der Waals surface area contributed by atoms with Crippen LogP contribution in [0.1, 0.15) is 35.6 Å². The van der Waals surface area contributed by atoms with Crippen molar-refractivity contribution in [2.75, 3.05) is 27.2 Å². The Morgan fingerprint density at radius 2 is 1.28 bits per heavy atom. The quantitative estimate of drug-likeness (QED) is 0.0904. The molecule has 0 spiro atoms. The van der Waals surface area contributed by atoms with Crippen LogP contribution in [0.5, 0.6) is 11.5 Å². The van der Waals surface area contributed by atoms with Gasteiger partial charge < -0.3 is 24.8 Å². The molecule has 43 heavy (non-hydrogen) atoms. The van der Waals surface area contributed by atoms with Gasteiger partial charge in [0.25, 0.3) is 0 Å². The van der Waals surface area contributed by atoms with E-state index in [0.29, 0.717) is 6.61 Å². The second-order valence-corrected chi connectivity index (χ2v) is 10.3. The van der Waals surface area contributed by atoms with Gasteiger partial charge in [-0.1, -0.05) is 91.9 Å². The summed E-state index contributed by atoms with van der Waals surface area (Å²) in [6.07, 6.45) is 0.803. The van der Waals surface area contributed by atoms with Crippen LogP contribution in [0.3, 0.4) is 0 Å². The summed E-state index contributed by atoms with van der Waals surface area (Å²) in [5, 5.41) is 0. The highest BCUT2D eigenvalue weighted by molar-refractivity contribution is 6.00. The van der Waals surface area contributed by atoms with Gasteiger partial charge in [0.1, 0.15) is 24.7 Å². The molecule has 1 atom stereocenters. The van der Waals surface area contributed by atoms with Crippen LogP contribution in [0.2, 0.25) is 0 Å². The number of esters is 2. The fourth-order valence-corrected chi connectivity index (χ4v) is 4.53. The number of allylic oxidation sites excluding steroid dienone is 1. The van der Waals surface area contributed by atoms with E-state index in [1.165, 1.54) is 5.57 Å². The number of carbonyl (C=O) groups is 2. The van der Waals surface area contributed by atoms with Crippen molar-refractivity contribution < 1.29 is 23.8 Å². The Kier molecular flexibility index (Phi) is 11.2. The van der Waals surface area contributed by atoms with Gasteiger partial charge in [-0.25, -0.2) is 9.59 Å². The highest BCUT2D eigenvalue weighted by Crippen LogP contribution is 2.35. The van der Waals surface area contributed by atoms with Crippen molar-refractivity contribution in [3.8, 4) is 11.5 Å². The standard InChI is InChI=1S/C36H38N2O5/c1-4-32(27-13-9-6-10-14-27)33(28-15-19-30(20-16-28)41-24-23-38(2)3)29-17-21-31(22-18-29)43-36(40)34(37)35(39)42-25-26-11-7-5-8-12-26/h5-22,34H,4,23-25,37H2,1-3H3/b33-32+. The monoisotopic (exact) mass is 578 g/mol. The van der Waals surface area contributed by atoms with E-state index in [0.717, 1.165) is 46.5 Å². The normalized spacial score (nSPS) is 12.3. The smallest absolute Gasteiger partial charge is 0.340 e. The minimum Gasteiger partial charge on any atom is -0.492 e. The van der Waals surface area contributed by atoms with Crippen molar-refractivity contribution >= 4 is 23.1 Å². The van der Waals surface area contributed by atoms with Crippen molar-refractivity contribution in [3.63, 3.8) is 0 Å². The minimum atomic E-state index is -1.55. The van der Waals surface area contributed by atoms with E-state index in [9.17, 15) is 9.59 Å². The molecule has 0 aliphatic heterocycles. The van der Waals surface area contributed by atoms with Gasteiger partial charge in [-0.05, 0) is 78.2 Å². The number of carbonyl (C=O) groups excluding carboxylic acids is 2. The van der Waals surface area contributed by atoms with Crippen LogP contribution in [0.25, 0.3) is 11.1 Å². The van der Waals surface area contributed by atoms with E-state index >= 15 is 0 Å². The topological polar surface area (TPSA) is 91.1 Å². The zero-order chi connectivity index (χ0) is 30.6. The number of ether oxygens (including phenoxy) is 3. The first-order valence-electron chi connectivity index (χ1n) is 14.3. The Hall–Kier alpha value is -4.72. The van der Waals surface area contributed by atoms with Gasteiger partial charge in [-0.3, -0.25) is 0 Å². The zero-order valence-electron chi connectivity index (χ0n) is 24.9. The highest BCUT2D eigenvalue weighted by atomic mass is 16.6. The summed E-state index contributed by atoms with van der Waals surface area (Å²) in [5.74, 6) is -0.643. The molecule has 2 N–H and O–H groups in total. The third-order valence-electron chi connectivity index (χ3n) is 6.82. The lowest BCUT2D eigenvalue weighted by molar-refractivity contribution is -0.153. The first kappa shape index (κ1) is 31.2. The molecule has 0 saturated carbocycles. The summed E-state index contributed by atoms with van der Waals surface area (Å²) in [7, 11) is 4.03. The van der Waals surface area contributed by atoms with Crippen molar-refractivity contribution in [3.05, 3.63) is 131 Å². The molecule has 0 saturated heterocycles. The molecule has 0 radical (unpaired) electrons. The van der Waals surface area contributed by atoms with Gasteiger partial charge in [0.2, 0.25) is 6.04 Å². The Labute approximate surface area is 253 Å². The maximum Gasteiger partial charge on any atom is 0.340 e. The SMILES string of the molecule is CC/C(=C(/c1ccc(OCCN(C)C)cc1)c1ccc(OC(=O)C(N)C(=O)OCc2ccccc2)cc1)c1ccccc1. The average molecular weight is 579 g/mol. The van der Waals surface area contributed by atoms with Crippen LogP contribution in [0.15, 0.2) is 109 Å². The number of rotatable bonds is 13. The van der Waals surface area contributed by atoms with Crippen LogP contribution in [0, 0.1) is 0 Å². The first-order chi connectivity index (χ1) is 20.9. The first-order valence-corrected chi connectivity index (χ1v) is 14.3. The van der Waals surface area contributed by atoms with Gasteiger partial charge in [0.15, 0.2) is 0 Å². The second-order valence-electron chi connectivity index (χ2n) is 10.3. The van der Waals surface area contributed by atoms with Crippen LogP contribution in [-0.2, 0) is 20.9 Å². The Morgan fingerprint density at radius 1 is 0.721 bits per heavy atom. The molecule has 0 aromatic heterocycles. The lowest BCUT2D eigenvalue weighted by Crippen LogP contribution is -2.42. The fraction of sp³-hybridized carbons (Fsp3) is 0.222. The molecule has 0 aliphatic rings. The maximum atomic E-state index is 12.6. The highest BCUT2D eigenvalue weighted by Gasteiger charge is 2.26. The third-order valence-corrected chi connectivity index (χ3v) is 6.82. The molecular weight excluding hydrogens is 540 g/mol. The molecule has 4 aromatic rings. The molecule has 4 rings (SSSR count). The van der Waals surface area contributed by atoms with Gasteiger partial charge in [0, 0.05) is 6.54 Å². The van der Waals surface area contributed by atoms with Gasteiger partial charge in [0.05, 0.1) is 0 Å². The Morgan fingerprint density at radius 3 is 1.84 bits per heavy atom. The van der Waals surface area contributed by atoms with Crippen molar-refractivity contribution in [1.82, 2.24) is 4.90 Å². The molecule has 1 unspecified atom stereocenters. The second kappa shape index (κ2) is 15.5. The molecular formula is C36H38N2O5. The van der Waals surface area contributed by atoms with E-state index in [4.69, 9.17) is 19.9 Å². The Balaban J connectivity index is 1.53. The molecule has 7 nitrogen and oxygen atoms in total. The largest absolute Gasteiger partial charge is 0.492 e. The van der Waals surface area contributed by atoms with Gasteiger partial charge in [-0.15, -0.1) is 0 Å². The van der Waals surface area contributed by atoms with E-state index in [2.05, 4.69) is 36.1 Å². The van der Waals surface area contributed by atoms with Crippen LogP contribution >= 0.6 is 0 Å². The molecule has 0 aliphatic carbocycles. The van der Waals surface area contributed by atoms with E-state index in [1.54, 1.807) is 12.1 Å². The molecule has 222 valence electrons. The number of likely N-dealkylation sites (N-methyl/N-ethyl adjacent to an activating group) is 1. The average Bonchev–Trinajstić information content (AvgIpc) is 3.03. The number of hydrogen-bond acceptors (Lipinski definition) is 7. The number of benzene rings is 4. The predicted octanol–water partition coefficient (Wildman–Crippen LogP) is 5.97. The minimum absolute atomic E-state index is 0.0226. The molecule has 4 aromatic carbocycles. The third kappa shape index (κ3) is 8.88. The maximum absolute atomic E-state index is 12.6. The van der Waals surface area contributed by atoms with Gasteiger partial charge in [-0.2, -0.15) is 0 Å². The summed E-state index contributed by atoms with van der Waals surface area (Å²) in [6, 6.07) is 33.2. The van der Waals surface area contributed by atoms with Crippen molar-refractivity contribution in [2.45, 2.75) is 26.0 Å². The molecule has 0 bridgehead atoms. The Bertz CT molecular complexity index is 1500. The summed E-state index contributed by atoms with van der Waals surface area (Å²) in [4.78, 5) is 27.0. The molecule has 0 heterocycles. The molecule has 0 amide bonds.